The summed E-state index contributed by atoms with van der Waals surface area (Å²) in [5, 5.41) is 15.0. The monoisotopic (exact) mass is 352 g/mol. The van der Waals surface area contributed by atoms with Gasteiger partial charge in [-0.1, -0.05) is 13.8 Å². The fourth-order valence-electron chi connectivity index (χ4n) is 3.37. The molecule has 0 aromatic carbocycles. The number of esters is 1. The van der Waals surface area contributed by atoms with Crippen LogP contribution in [0.2, 0.25) is 0 Å². The second-order valence-corrected chi connectivity index (χ2v) is 6.84. The standard InChI is InChI=1S/C16H24N4O5/c1-10-5-11(2)7-18(6-10)14(21)9-25-15(22)8-19-13(4)16(20(23)24)12(3)17-19/h10-11H,5-9H2,1-4H3/t10-,11-/m1/s1. The van der Waals surface area contributed by atoms with Crippen LogP contribution in [0.5, 0.6) is 0 Å². The molecule has 2 rings (SSSR count). The molecule has 0 unspecified atom stereocenters. The van der Waals surface area contributed by atoms with Crippen molar-refractivity contribution in [2.24, 2.45) is 11.8 Å². The number of nitro groups is 1. The lowest BCUT2D eigenvalue weighted by molar-refractivity contribution is -0.386. The zero-order valence-electron chi connectivity index (χ0n) is 15.0. The fraction of sp³-hybridized carbons (Fsp3) is 0.688. The van der Waals surface area contributed by atoms with E-state index in [1.807, 2.05) is 0 Å². The first-order valence-electron chi connectivity index (χ1n) is 8.30. The summed E-state index contributed by atoms with van der Waals surface area (Å²) in [6, 6.07) is 0. The van der Waals surface area contributed by atoms with Crippen molar-refractivity contribution in [3.8, 4) is 0 Å². The molecular formula is C16H24N4O5. The van der Waals surface area contributed by atoms with Gasteiger partial charge in [0.1, 0.15) is 17.9 Å². The number of ether oxygens (including phenoxy) is 1. The average Bonchev–Trinajstić information content (AvgIpc) is 2.77. The van der Waals surface area contributed by atoms with Crippen molar-refractivity contribution in [3.63, 3.8) is 0 Å². The molecule has 1 aliphatic heterocycles. The Morgan fingerprint density at radius 3 is 2.40 bits per heavy atom. The molecule has 9 nitrogen and oxygen atoms in total. The van der Waals surface area contributed by atoms with Gasteiger partial charge in [-0.05, 0) is 32.1 Å². The predicted octanol–water partition coefficient (Wildman–Crippen LogP) is 1.46. The normalized spacial score (nSPS) is 20.4. The van der Waals surface area contributed by atoms with Crippen LogP contribution >= 0.6 is 0 Å². The maximum absolute atomic E-state index is 12.2. The summed E-state index contributed by atoms with van der Waals surface area (Å²) >= 11 is 0. The third-order valence-corrected chi connectivity index (χ3v) is 4.38. The van der Waals surface area contributed by atoms with Gasteiger partial charge in [0.05, 0.1) is 4.92 Å². The number of aryl methyl sites for hydroxylation is 1. The summed E-state index contributed by atoms with van der Waals surface area (Å²) in [5.41, 5.74) is 0.410. The molecule has 1 aliphatic rings. The molecule has 0 aliphatic carbocycles. The van der Waals surface area contributed by atoms with Crippen LogP contribution in [0.4, 0.5) is 5.69 Å². The van der Waals surface area contributed by atoms with Gasteiger partial charge >= 0.3 is 11.7 Å². The van der Waals surface area contributed by atoms with Gasteiger partial charge < -0.3 is 9.64 Å². The second kappa shape index (κ2) is 7.62. The minimum Gasteiger partial charge on any atom is -0.454 e. The summed E-state index contributed by atoms with van der Waals surface area (Å²) in [7, 11) is 0. The zero-order valence-corrected chi connectivity index (χ0v) is 15.0. The number of hydrogen-bond acceptors (Lipinski definition) is 6. The molecule has 138 valence electrons. The maximum Gasteiger partial charge on any atom is 0.328 e. The minimum absolute atomic E-state index is 0.111. The Kier molecular flexibility index (Phi) is 5.76. The molecule has 1 saturated heterocycles. The Hall–Kier alpha value is -2.45. The van der Waals surface area contributed by atoms with Gasteiger partial charge in [0.25, 0.3) is 5.91 Å². The van der Waals surface area contributed by atoms with Crippen molar-refractivity contribution in [3.05, 3.63) is 21.5 Å². The number of hydrogen-bond donors (Lipinski definition) is 0. The van der Waals surface area contributed by atoms with Crippen LogP contribution in [0, 0.1) is 35.8 Å². The Labute approximate surface area is 146 Å². The first-order valence-corrected chi connectivity index (χ1v) is 8.30. The van der Waals surface area contributed by atoms with E-state index in [1.165, 1.54) is 18.5 Å². The van der Waals surface area contributed by atoms with Crippen LogP contribution in [0.1, 0.15) is 31.7 Å². The van der Waals surface area contributed by atoms with Crippen molar-refractivity contribution >= 4 is 17.6 Å². The molecule has 9 heteroatoms. The lowest BCUT2D eigenvalue weighted by atomic mass is 9.92. The first-order chi connectivity index (χ1) is 11.7. The predicted molar refractivity (Wildman–Crippen MR) is 88.8 cm³/mol. The van der Waals surface area contributed by atoms with E-state index in [2.05, 4.69) is 18.9 Å². The lowest BCUT2D eigenvalue weighted by Gasteiger charge is -2.34. The number of nitrogens with zero attached hydrogens (tertiary/aromatic N) is 4. The van der Waals surface area contributed by atoms with Gasteiger partial charge in [-0.15, -0.1) is 0 Å². The van der Waals surface area contributed by atoms with Crippen molar-refractivity contribution in [1.82, 2.24) is 14.7 Å². The first kappa shape index (κ1) is 18.9. The van der Waals surface area contributed by atoms with E-state index in [9.17, 15) is 19.7 Å². The van der Waals surface area contributed by atoms with E-state index in [1.54, 1.807) is 4.90 Å². The highest BCUT2D eigenvalue weighted by Gasteiger charge is 2.27. The summed E-state index contributed by atoms with van der Waals surface area (Å²) in [6.45, 7) is 7.98. The number of amides is 1. The highest BCUT2D eigenvalue weighted by Crippen LogP contribution is 2.22. The molecule has 1 amide bonds. The molecule has 1 aromatic heterocycles. The van der Waals surface area contributed by atoms with Gasteiger partial charge in [0, 0.05) is 13.1 Å². The third-order valence-electron chi connectivity index (χ3n) is 4.38. The van der Waals surface area contributed by atoms with Crippen LogP contribution in [-0.4, -0.2) is 51.2 Å². The molecule has 1 fully saturated rings. The largest absolute Gasteiger partial charge is 0.454 e. The van der Waals surface area contributed by atoms with Gasteiger partial charge in [-0.3, -0.25) is 24.4 Å². The topological polar surface area (TPSA) is 108 Å². The maximum atomic E-state index is 12.2. The average molecular weight is 352 g/mol. The lowest BCUT2D eigenvalue weighted by Crippen LogP contribution is -2.44. The van der Waals surface area contributed by atoms with Crippen molar-refractivity contribution in [2.45, 2.75) is 40.7 Å². The summed E-state index contributed by atoms with van der Waals surface area (Å²) < 4.78 is 6.26. The van der Waals surface area contributed by atoms with E-state index in [0.717, 1.165) is 6.42 Å². The number of rotatable bonds is 5. The molecule has 25 heavy (non-hydrogen) atoms. The summed E-state index contributed by atoms with van der Waals surface area (Å²) in [5.74, 6) is -0.00430. The SMILES string of the molecule is Cc1nn(CC(=O)OCC(=O)N2C[C@H](C)C[C@@H](C)C2)c(C)c1[N+](=O)[O-]. The van der Waals surface area contributed by atoms with Crippen molar-refractivity contribution in [2.75, 3.05) is 19.7 Å². The molecule has 2 atom stereocenters. The molecule has 0 N–H and O–H groups in total. The van der Waals surface area contributed by atoms with Crippen molar-refractivity contribution < 1.29 is 19.2 Å². The Morgan fingerprint density at radius 1 is 1.28 bits per heavy atom. The Bertz CT molecular complexity index is 674. The van der Waals surface area contributed by atoms with E-state index in [0.29, 0.717) is 24.9 Å². The molecule has 0 saturated carbocycles. The van der Waals surface area contributed by atoms with Gasteiger partial charge in [-0.2, -0.15) is 5.10 Å². The van der Waals surface area contributed by atoms with E-state index in [4.69, 9.17) is 4.74 Å². The molecule has 2 heterocycles. The number of likely N-dealkylation sites (tertiary alicyclic amines) is 1. The summed E-state index contributed by atoms with van der Waals surface area (Å²) in [4.78, 5) is 36.3. The Morgan fingerprint density at radius 2 is 1.88 bits per heavy atom. The smallest absolute Gasteiger partial charge is 0.328 e. The number of piperidine rings is 1. The minimum atomic E-state index is -0.646. The highest BCUT2D eigenvalue weighted by atomic mass is 16.6. The quantitative estimate of drug-likeness (QED) is 0.451. The molecule has 1 aromatic rings. The third kappa shape index (κ3) is 4.55. The zero-order chi connectivity index (χ0) is 18.7. The number of carbonyl (C=O) groups excluding carboxylic acids is 2. The van der Waals surface area contributed by atoms with Crippen molar-refractivity contribution in [1.29, 1.82) is 0 Å². The van der Waals surface area contributed by atoms with E-state index in [-0.39, 0.29) is 36.1 Å². The highest BCUT2D eigenvalue weighted by molar-refractivity contribution is 5.80. The van der Waals surface area contributed by atoms with Crippen LogP contribution < -0.4 is 0 Å². The van der Waals surface area contributed by atoms with Crippen LogP contribution in [0.15, 0.2) is 0 Å². The Balaban J connectivity index is 1.90. The van der Waals surface area contributed by atoms with Gasteiger partial charge in [0.15, 0.2) is 6.61 Å². The van der Waals surface area contributed by atoms with Gasteiger partial charge in [-0.25, -0.2) is 0 Å². The van der Waals surface area contributed by atoms with Crippen LogP contribution in [0.25, 0.3) is 0 Å². The fourth-order valence-corrected chi connectivity index (χ4v) is 3.37. The number of carbonyl (C=O) groups is 2. The van der Waals surface area contributed by atoms with E-state index < -0.39 is 10.9 Å². The van der Waals surface area contributed by atoms with E-state index >= 15 is 0 Å². The second-order valence-electron chi connectivity index (χ2n) is 6.84. The van der Waals surface area contributed by atoms with Gasteiger partial charge in [0.2, 0.25) is 0 Å². The molecule has 0 bridgehead atoms. The number of aromatic nitrogens is 2. The molecule has 0 spiro atoms. The van der Waals surface area contributed by atoms with Crippen LogP contribution in [0.3, 0.4) is 0 Å². The van der Waals surface area contributed by atoms with Crippen LogP contribution in [-0.2, 0) is 20.9 Å². The molecule has 0 radical (unpaired) electrons. The summed E-state index contributed by atoms with van der Waals surface area (Å²) in [6.07, 6.45) is 1.08. The molecular weight excluding hydrogens is 328 g/mol.